The topological polar surface area (TPSA) is 78.1 Å². The number of aromatic amines is 1. The van der Waals surface area contributed by atoms with E-state index in [0.29, 0.717) is 25.9 Å². The maximum Gasteiger partial charge on any atom is 0.225 e. The molecule has 29 heavy (non-hydrogen) atoms. The molecule has 3 aromatic rings. The van der Waals surface area contributed by atoms with E-state index in [9.17, 15) is 9.59 Å². The first-order chi connectivity index (χ1) is 14.2. The zero-order valence-corrected chi connectivity index (χ0v) is 16.4. The Hall–Kier alpha value is -3.15. The van der Waals surface area contributed by atoms with Crippen molar-refractivity contribution in [1.29, 1.82) is 0 Å². The molecule has 0 radical (unpaired) electrons. The average Bonchev–Trinajstić information content (AvgIpc) is 3.20. The number of fused-ring (bicyclic) bond motifs is 1. The number of carbonyl (C=O) groups is 2. The van der Waals surface area contributed by atoms with Crippen molar-refractivity contribution in [3.8, 4) is 0 Å². The number of nitrogens with one attached hydrogen (secondary N) is 2. The number of carbonyl (C=O) groups excluding carboxylic acids is 2. The summed E-state index contributed by atoms with van der Waals surface area (Å²) < 4.78 is 0. The zero-order valence-electron chi connectivity index (χ0n) is 16.4. The number of hydrogen-bond acceptors (Lipinski definition) is 3. The third-order valence-corrected chi connectivity index (χ3v) is 5.62. The number of nitrogens with zero attached hydrogens (tertiary/aromatic N) is 2. The Morgan fingerprint density at radius 1 is 1.21 bits per heavy atom. The fraction of sp³-hybridized carbons (Fsp3) is 0.348. The summed E-state index contributed by atoms with van der Waals surface area (Å²) in [5.74, 6) is 0.000447. The second-order valence-electron chi connectivity index (χ2n) is 7.62. The highest BCUT2D eigenvalue weighted by Crippen LogP contribution is 2.21. The van der Waals surface area contributed by atoms with Gasteiger partial charge >= 0.3 is 0 Å². The molecule has 0 bridgehead atoms. The first kappa shape index (κ1) is 19.2. The molecule has 1 aromatic carbocycles. The van der Waals surface area contributed by atoms with Crippen LogP contribution in [0.3, 0.4) is 0 Å². The van der Waals surface area contributed by atoms with E-state index in [1.807, 2.05) is 41.4 Å². The van der Waals surface area contributed by atoms with Crippen LogP contribution in [0.2, 0.25) is 0 Å². The number of aromatic nitrogens is 2. The maximum atomic E-state index is 12.8. The van der Waals surface area contributed by atoms with Crippen LogP contribution in [0.25, 0.3) is 10.9 Å². The van der Waals surface area contributed by atoms with E-state index in [-0.39, 0.29) is 17.7 Å². The number of piperidine rings is 1. The van der Waals surface area contributed by atoms with E-state index < -0.39 is 0 Å². The molecular weight excluding hydrogens is 364 g/mol. The molecular formula is C23H26N4O2. The van der Waals surface area contributed by atoms with Gasteiger partial charge in [0, 0.05) is 55.5 Å². The highest BCUT2D eigenvalue weighted by Gasteiger charge is 2.28. The lowest BCUT2D eigenvalue weighted by Crippen LogP contribution is -2.45. The van der Waals surface area contributed by atoms with Crippen molar-refractivity contribution in [2.24, 2.45) is 5.92 Å². The van der Waals surface area contributed by atoms with Crippen molar-refractivity contribution in [2.45, 2.75) is 32.2 Å². The molecule has 1 atom stereocenters. The lowest BCUT2D eigenvalue weighted by atomic mass is 9.96. The van der Waals surface area contributed by atoms with Crippen molar-refractivity contribution in [3.63, 3.8) is 0 Å². The minimum Gasteiger partial charge on any atom is -0.361 e. The van der Waals surface area contributed by atoms with Gasteiger partial charge in [-0.1, -0.05) is 24.3 Å². The van der Waals surface area contributed by atoms with Crippen LogP contribution in [-0.2, 0) is 22.6 Å². The molecule has 0 unspecified atom stereocenters. The monoisotopic (exact) mass is 390 g/mol. The number of amides is 2. The standard InChI is InChI=1S/C23H26N4O2/c28-22(10-9-18-15-25-21-8-2-1-7-20(18)21)27-12-4-6-19(16-27)23(29)26-14-17-5-3-11-24-13-17/h1-3,5,7-8,11,13,15,19,25H,4,6,9-10,12,14,16H2,(H,26,29)/t19-/m1/s1. The molecule has 1 aliphatic rings. The number of para-hydroxylation sites is 1. The lowest BCUT2D eigenvalue weighted by Gasteiger charge is -2.32. The van der Waals surface area contributed by atoms with Gasteiger partial charge in [0.15, 0.2) is 0 Å². The first-order valence-corrected chi connectivity index (χ1v) is 10.2. The molecule has 1 aliphatic heterocycles. The molecule has 6 nitrogen and oxygen atoms in total. The third-order valence-electron chi connectivity index (χ3n) is 5.62. The summed E-state index contributed by atoms with van der Waals surface area (Å²) in [4.78, 5) is 34.5. The lowest BCUT2D eigenvalue weighted by molar-refractivity contribution is -0.135. The largest absolute Gasteiger partial charge is 0.361 e. The van der Waals surface area contributed by atoms with Crippen LogP contribution in [0.1, 0.15) is 30.4 Å². The van der Waals surface area contributed by atoms with Crippen LogP contribution in [-0.4, -0.2) is 39.8 Å². The van der Waals surface area contributed by atoms with Crippen LogP contribution in [0, 0.1) is 5.92 Å². The van der Waals surface area contributed by atoms with Crippen LogP contribution >= 0.6 is 0 Å². The number of pyridine rings is 1. The number of H-pyrrole nitrogens is 1. The van der Waals surface area contributed by atoms with Gasteiger partial charge < -0.3 is 15.2 Å². The third kappa shape index (κ3) is 4.65. The van der Waals surface area contributed by atoms with Crippen molar-refractivity contribution >= 4 is 22.7 Å². The number of hydrogen-bond donors (Lipinski definition) is 2. The first-order valence-electron chi connectivity index (χ1n) is 10.2. The Labute approximate surface area is 170 Å². The Morgan fingerprint density at radius 2 is 2.10 bits per heavy atom. The van der Waals surface area contributed by atoms with E-state index in [0.717, 1.165) is 36.0 Å². The fourth-order valence-corrected chi connectivity index (χ4v) is 3.99. The summed E-state index contributed by atoms with van der Waals surface area (Å²) >= 11 is 0. The quantitative estimate of drug-likeness (QED) is 0.679. The summed E-state index contributed by atoms with van der Waals surface area (Å²) in [6.45, 7) is 1.71. The minimum atomic E-state index is -0.141. The van der Waals surface area contributed by atoms with Gasteiger partial charge in [0.25, 0.3) is 0 Å². The average molecular weight is 390 g/mol. The summed E-state index contributed by atoms with van der Waals surface area (Å²) in [7, 11) is 0. The maximum absolute atomic E-state index is 12.8. The molecule has 0 spiro atoms. The molecule has 2 amide bonds. The highest BCUT2D eigenvalue weighted by atomic mass is 16.2. The van der Waals surface area contributed by atoms with Crippen LogP contribution in [0.4, 0.5) is 0 Å². The molecule has 0 aliphatic carbocycles. The number of aryl methyl sites for hydroxylation is 1. The normalized spacial score (nSPS) is 16.7. The van der Waals surface area contributed by atoms with Crippen molar-refractivity contribution < 1.29 is 9.59 Å². The van der Waals surface area contributed by atoms with Gasteiger partial charge in [0.1, 0.15) is 0 Å². The zero-order chi connectivity index (χ0) is 20.1. The van der Waals surface area contributed by atoms with Gasteiger partial charge in [-0.15, -0.1) is 0 Å². The molecule has 1 saturated heterocycles. The van der Waals surface area contributed by atoms with Gasteiger partial charge in [0.2, 0.25) is 11.8 Å². The van der Waals surface area contributed by atoms with Crippen LogP contribution in [0.5, 0.6) is 0 Å². The van der Waals surface area contributed by atoms with E-state index >= 15 is 0 Å². The predicted octanol–water partition coefficient (Wildman–Crippen LogP) is 3.05. The van der Waals surface area contributed by atoms with Crippen molar-refractivity contribution in [3.05, 3.63) is 66.1 Å². The number of rotatable bonds is 6. The molecule has 3 heterocycles. The summed E-state index contributed by atoms with van der Waals surface area (Å²) in [6.07, 6.45) is 8.31. The molecule has 2 aromatic heterocycles. The SMILES string of the molecule is O=C(NCc1cccnc1)[C@@H]1CCCN(C(=O)CCc2c[nH]c3ccccc23)C1. The Bertz CT molecular complexity index is 983. The van der Waals surface area contributed by atoms with Gasteiger partial charge in [-0.25, -0.2) is 0 Å². The molecule has 0 saturated carbocycles. The predicted molar refractivity (Wildman–Crippen MR) is 112 cm³/mol. The second-order valence-corrected chi connectivity index (χ2v) is 7.62. The number of benzene rings is 1. The molecule has 6 heteroatoms. The van der Waals surface area contributed by atoms with E-state index in [2.05, 4.69) is 21.4 Å². The fourth-order valence-electron chi connectivity index (χ4n) is 3.99. The number of likely N-dealkylation sites (tertiary alicyclic amines) is 1. The second kappa shape index (κ2) is 8.90. The Morgan fingerprint density at radius 3 is 2.97 bits per heavy atom. The van der Waals surface area contributed by atoms with E-state index in [1.54, 1.807) is 12.4 Å². The van der Waals surface area contributed by atoms with Crippen molar-refractivity contribution in [1.82, 2.24) is 20.2 Å². The van der Waals surface area contributed by atoms with Crippen LogP contribution < -0.4 is 5.32 Å². The van der Waals surface area contributed by atoms with Crippen molar-refractivity contribution in [2.75, 3.05) is 13.1 Å². The minimum absolute atomic E-state index is 0.0166. The molecule has 150 valence electrons. The van der Waals surface area contributed by atoms with Crippen LogP contribution in [0.15, 0.2) is 55.0 Å². The van der Waals surface area contributed by atoms with E-state index in [1.165, 1.54) is 5.39 Å². The molecule has 4 rings (SSSR count). The summed E-state index contributed by atoms with van der Waals surface area (Å²) in [6, 6.07) is 11.9. The Balaban J connectivity index is 1.29. The molecule has 2 N–H and O–H groups in total. The highest BCUT2D eigenvalue weighted by molar-refractivity contribution is 5.84. The van der Waals surface area contributed by atoms with Gasteiger partial charge in [-0.2, -0.15) is 0 Å². The smallest absolute Gasteiger partial charge is 0.225 e. The van der Waals surface area contributed by atoms with Gasteiger partial charge in [-0.3, -0.25) is 14.6 Å². The van der Waals surface area contributed by atoms with E-state index in [4.69, 9.17) is 0 Å². The summed E-state index contributed by atoms with van der Waals surface area (Å²) in [5.41, 5.74) is 3.23. The Kier molecular flexibility index (Phi) is 5.89. The molecule has 1 fully saturated rings. The van der Waals surface area contributed by atoms with Gasteiger partial charge in [0.05, 0.1) is 5.92 Å². The summed E-state index contributed by atoms with van der Waals surface area (Å²) in [5, 5.41) is 4.15. The van der Waals surface area contributed by atoms with Gasteiger partial charge in [-0.05, 0) is 42.5 Å².